The molecule has 0 heterocycles. The van der Waals surface area contributed by atoms with Gasteiger partial charge in [0.25, 0.3) is 0 Å². The van der Waals surface area contributed by atoms with Crippen molar-refractivity contribution in [2.45, 2.75) is 38.1 Å². The third kappa shape index (κ3) is 2.86. The van der Waals surface area contributed by atoms with Crippen molar-refractivity contribution in [1.82, 2.24) is 5.32 Å². The molecule has 0 spiro atoms. The minimum absolute atomic E-state index is 0.125. The van der Waals surface area contributed by atoms with E-state index in [0.29, 0.717) is 12.0 Å². The molecule has 2 atom stereocenters. The van der Waals surface area contributed by atoms with Crippen molar-refractivity contribution in [3.63, 3.8) is 0 Å². The van der Waals surface area contributed by atoms with Crippen LogP contribution in [0.1, 0.15) is 41.5 Å². The number of hydrogen-bond donors (Lipinski definition) is 1. The predicted molar refractivity (Wildman–Crippen MR) is 85.2 cm³/mol. The molecular formula is C19H22FN. The van der Waals surface area contributed by atoms with Gasteiger partial charge in [0.2, 0.25) is 0 Å². The summed E-state index contributed by atoms with van der Waals surface area (Å²) in [6.07, 6.45) is 2.96. The quantitative estimate of drug-likeness (QED) is 0.896. The number of rotatable bonds is 3. The van der Waals surface area contributed by atoms with E-state index in [4.69, 9.17) is 0 Å². The van der Waals surface area contributed by atoms with Crippen LogP contribution in [-0.4, -0.2) is 13.1 Å². The summed E-state index contributed by atoms with van der Waals surface area (Å²) in [5, 5.41) is 3.33. The normalized spacial score (nSPS) is 18.5. The lowest BCUT2D eigenvalue weighted by atomic mass is 9.84. The molecule has 110 valence electrons. The van der Waals surface area contributed by atoms with E-state index in [-0.39, 0.29) is 5.82 Å². The van der Waals surface area contributed by atoms with E-state index in [1.165, 1.54) is 22.3 Å². The largest absolute Gasteiger partial charge is 0.317 e. The molecule has 3 rings (SSSR count). The summed E-state index contributed by atoms with van der Waals surface area (Å²) < 4.78 is 13.6. The highest BCUT2D eigenvalue weighted by atomic mass is 19.1. The van der Waals surface area contributed by atoms with Crippen molar-refractivity contribution in [2.75, 3.05) is 7.05 Å². The second-order valence-electron chi connectivity index (χ2n) is 6.02. The highest BCUT2D eigenvalue weighted by molar-refractivity contribution is 5.45. The molecule has 0 aromatic heterocycles. The first-order chi connectivity index (χ1) is 10.2. The third-order valence-electron chi connectivity index (χ3n) is 4.66. The monoisotopic (exact) mass is 283 g/mol. The Morgan fingerprint density at radius 3 is 2.62 bits per heavy atom. The van der Waals surface area contributed by atoms with Gasteiger partial charge in [-0.2, -0.15) is 0 Å². The zero-order chi connectivity index (χ0) is 14.8. The third-order valence-corrected chi connectivity index (χ3v) is 4.66. The predicted octanol–water partition coefficient (Wildman–Crippen LogP) is 4.05. The van der Waals surface area contributed by atoms with E-state index in [1.807, 2.05) is 13.1 Å². The van der Waals surface area contributed by atoms with Gasteiger partial charge in [0.15, 0.2) is 0 Å². The molecule has 1 N–H and O–H groups in total. The lowest BCUT2D eigenvalue weighted by Gasteiger charge is -2.23. The standard InChI is InChI=1S/C19H22FN/c1-13(21-2)11-19-17-6-4-3-5-14(17)7-8-15-12-16(20)9-10-18(15)19/h3-6,9-10,12-13,19,21H,7-8,11H2,1-2H3. The van der Waals surface area contributed by atoms with Crippen LogP contribution in [0, 0.1) is 5.82 Å². The average molecular weight is 283 g/mol. The lowest BCUT2D eigenvalue weighted by molar-refractivity contribution is 0.529. The van der Waals surface area contributed by atoms with E-state index >= 15 is 0 Å². The van der Waals surface area contributed by atoms with Gasteiger partial charge in [-0.25, -0.2) is 4.39 Å². The Labute approximate surface area is 126 Å². The van der Waals surface area contributed by atoms with E-state index in [9.17, 15) is 4.39 Å². The van der Waals surface area contributed by atoms with Crippen LogP contribution in [0.2, 0.25) is 0 Å². The maximum absolute atomic E-state index is 13.6. The van der Waals surface area contributed by atoms with Crippen molar-refractivity contribution in [3.05, 3.63) is 70.5 Å². The fourth-order valence-electron chi connectivity index (χ4n) is 3.39. The highest BCUT2D eigenvalue weighted by Gasteiger charge is 2.24. The molecule has 0 aliphatic heterocycles. The Kier molecular flexibility index (Phi) is 4.07. The molecule has 0 saturated carbocycles. The zero-order valence-corrected chi connectivity index (χ0v) is 12.7. The number of halogens is 1. The molecule has 2 unspecified atom stereocenters. The summed E-state index contributed by atoms with van der Waals surface area (Å²) in [4.78, 5) is 0. The number of hydrogen-bond acceptors (Lipinski definition) is 1. The molecule has 1 aliphatic rings. The van der Waals surface area contributed by atoms with Crippen LogP contribution >= 0.6 is 0 Å². The molecule has 2 heteroatoms. The second-order valence-corrected chi connectivity index (χ2v) is 6.02. The van der Waals surface area contributed by atoms with Gasteiger partial charge < -0.3 is 5.32 Å². The molecular weight excluding hydrogens is 261 g/mol. The van der Waals surface area contributed by atoms with E-state index in [1.54, 1.807) is 12.1 Å². The van der Waals surface area contributed by atoms with Gasteiger partial charge in [0.05, 0.1) is 0 Å². The Balaban J connectivity index is 2.10. The van der Waals surface area contributed by atoms with Crippen LogP contribution < -0.4 is 5.32 Å². The maximum Gasteiger partial charge on any atom is 0.123 e. The van der Waals surface area contributed by atoms with Gasteiger partial charge in [0, 0.05) is 12.0 Å². The first kappa shape index (κ1) is 14.3. The number of fused-ring (bicyclic) bond motifs is 2. The molecule has 21 heavy (non-hydrogen) atoms. The summed E-state index contributed by atoms with van der Waals surface area (Å²) in [6, 6.07) is 14.4. The van der Waals surface area contributed by atoms with Crippen LogP contribution in [0.4, 0.5) is 4.39 Å². The van der Waals surface area contributed by atoms with Crippen LogP contribution in [-0.2, 0) is 12.8 Å². The molecule has 0 saturated heterocycles. The molecule has 0 bridgehead atoms. The number of benzene rings is 2. The molecule has 0 fully saturated rings. The molecule has 0 radical (unpaired) electrons. The van der Waals surface area contributed by atoms with Crippen molar-refractivity contribution >= 4 is 0 Å². The Bertz CT molecular complexity index is 635. The van der Waals surface area contributed by atoms with Gasteiger partial charge in [-0.15, -0.1) is 0 Å². The highest BCUT2D eigenvalue weighted by Crippen LogP contribution is 2.37. The zero-order valence-electron chi connectivity index (χ0n) is 12.7. The fraction of sp³-hybridized carbons (Fsp3) is 0.368. The van der Waals surface area contributed by atoms with Crippen LogP contribution in [0.15, 0.2) is 42.5 Å². The van der Waals surface area contributed by atoms with Gasteiger partial charge >= 0.3 is 0 Å². The summed E-state index contributed by atoms with van der Waals surface area (Å²) in [7, 11) is 2.00. The van der Waals surface area contributed by atoms with Crippen LogP contribution in [0.25, 0.3) is 0 Å². The van der Waals surface area contributed by atoms with E-state index in [2.05, 4.69) is 36.5 Å². The Hall–Kier alpha value is -1.67. The summed E-state index contributed by atoms with van der Waals surface area (Å²) in [6.45, 7) is 2.21. The molecule has 0 amide bonds. The van der Waals surface area contributed by atoms with Gasteiger partial charge in [-0.05, 0) is 67.6 Å². The van der Waals surface area contributed by atoms with Gasteiger partial charge in [-0.3, -0.25) is 0 Å². The fourth-order valence-corrected chi connectivity index (χ4v) is 3.39. The van der Waals surface area contributed by atoms with Crippen molar-refractivity contribution in [2.24, 2.45) is 0 Å². The minimum atomic E-state index is -0.125. The topological polar surface area (TPSA) is 12.0 Å². The van der Waals surface area contributed by atoms with Crippen molar-refractivity contribution in [1.29, 1.82) is 0 Å². The summed E-state index contributed by atoms with van der Waals surface area (Å²) in [5.41, 5.74) is 5.27. The Morgan fingerprint density at radius 2 is 1.81 bits per heavy atom. The molecule has 2 aromatic carbocycles. The first-order valence-electron chi connectivity index (χ1n) is 7.72. The van der Waals surface area contributed by atoms with Crippen molar-refractivity contribution in [3.8, 4) is 0 Å². The molecule has 1 aliphatic carbocycles. The SMILES string of the molecule is CNC(C)CC1c2ccccc2CCc2cc(F)ccc21. The van der Waals surface area contributed by atoms with Crippen LogP contribution in [0.3, 0.4) is 0 Å². The van der Waals surface area contributed by atoms with Gasteiger partial charge in [0.1, 0.15) is 5.82 Å². The smallest absolute Gasteiger partial charge is 0.123 e. The molecule has 2 aromatic rings. The lowest BCUT2D eigenvalue weighted by Crippen LogP contribution is -2.24. The first-order valence-corrected chi connectivity index (χ1v) is 7.72. The number of aryl methyl sites for hydroxylation is 2. The Morgan fingerprint density at radius 1 is 1.10 bits per heavy atom. The van der Waals surface area contributed by atoms with Crippen molar-refractivity contribution < 1.29 is 4.39 Å². The summed E-state index contributed by atoms with van der Waals surface area (Å²) >= 11 is 0. The summed E-state index contributed by atoms with van der Waals surface area (Å²) in [5.74, 6) is 0.224. The second kappa shape index (κ2) is 5.98. The van der Waals surface area contributed by atoms with E-state index < -0.39 is 0 Å². The van der Waals surface area contributed by atoms with Gasteiger partial charge in [-0.1, -0.05) is 30.3 Å². The maximum atomic E-state index is 13.6. The minimum Gasteiger partial charge on any atom is -0.317 e. The van der Waals surface area contributed by atoms with E-state index in [0.717, 1.165) is 19.3 Å². The molecule has 1 nitrogen and oxygen atoms in total. The van der Waals surface area contributed by atoms with Crippen LogP contribution in [0.5, 0.6) is 0 Å². The number of nitrogens with one attached hydrogen (secondary N) is 1. The average Bonchev–Trinajstić information content (AvgIpc) is 2.65.